The molecule has 0 atom stereocenters. The number of anilines is 3. The van der Waals surface area contributed by atoms with Crippen LogP contribution in [-0.4, -0.2) is 16.5 Å². The molecule has 1 heterocycles. The van der Waals surface area contributed by atoms with Crippen molar-refractivity contribution in [1.82, 2.24) is 9.97 Å². The van der Waals surface area contributed by atoms with E-state index in [1.807, 2.05) is 13.0 Å². The highest BCUT2D eigenvalue weighted by Gasteiger charge is 2.09. The van der Waals surface area contributed by atoms with E-state index in [4.69, 9.17) is 16.9 Å². The van der Waals surface area contributed by atoms with Crippen LogP contribution in [0.5, 0.6) is 0 Å². The Morgan fingerprint density at radius 1 is 1.43 bits per heavy atom. The SMILES string of the molecule is CCCNc1ncc(F)c(Nc2ccc(C#N)cc2Cl)n1. The molecule has 0 aliphatic heterocycles. The van der Waals surface area contributed by atoms with Crippen LogP contribution in [0.15, 0.2) is 24.4 Å². The first kappa shape index (κ1) is 15.0. The van der Waals surface area contributed by atoms with Gasteiger partial charge in [0.1, 0.15) is 0 Å². The fraction of sp³-hybridized carbons (Fsp3) is 0.214. The first-order valence-corrected chi connectivity index (χ1v) is 6.75. The lowest BCUT2D eigenvalue weighted by atomic mass is 10.2. The Balaban J connectivity index is 2.24. The van der Waals surface area contributed by atoms with Crippen molar-refractivity contribution in [1.29, 1.82) is 5.26 Å². The molecule has 7 heteroatoms. The van der Waals surface area contributed by atoms with E-state index in [-0.39, 0.29) is 5.82 Å². The summed E-state index contributed by atoms with van der Waals surface area (Å²) >= 11 is 6.04. The number of aromatic nitrogens is 2. The second kappa shape index (κ2) is 6.86. The summed E-state index contributed by atoms with van der Waals surface area (Å²) in [5.41, 5.74) is 0.897. The van der Waals surface area contributed by atoms with E-state index in [2.05, 4.69) is 20.6 Å². The quantitative estimate of drug-likeness (QED) is 0.881. The molecule has 21 heavy (non-hydrogen) atoms. The largest absolute Gasteiger partial charge is 0.354 e. The van der Waals surface area contributed by atoms with E-state index in [9.17, 15) is 4.39 Å². The molecule has 2 aromatic rings. The second-order valence-electron chi connectivity index (χ2n) is 4.25. The zero-order valence-corrected chi connectivity index (χ0v) is 12.1. The molecule has 0 spiro atoms. The standard InChI is InChI=1S/C14H13ClFN5/c1-2-5-18-14-19-8-11(16)13(21-14)20-12-4-3-9(7-17)6-10(12)15/h3-4,6,8H,2,5H2,1H3,(H2,18,19,20,21). The maximum Gasteiger partial charge on any atom is 0.224 e. The topological polar surface area (TPSA) is 73.6 Å². The monoisotopic (exact) mass is 305 g/mol. The van der Waals surface area contributed by atoms with Gasteiger partial charge in [-0.3, -0.25) is 0 Å². The zero-order valence-electron chi connectivity index (χ0n) is 11.3. The Labute approximate surface area is 126 Å². The number of benzene rings is 1. The molecule has 1 aromatic heterocycles. The third kappa shape index (κ3) is 3.80. The van der Waals surface area contributed by atoms with Crippen molar-refractivity contribution in [3.05, 3.63) is 40.8 Å². The van der Waals surface area contributed by atoms with Crippen LogP contribution < -0.4 is 10.6 Å². The molecule has 5 nitrogen and oxygen atoms in total. The van der Waals surface area contributed by atoms with Gasteiger partial charge in [0.15, 0.2) is 11.6 Å². The van der Waals surface area contributed by atoms with Gasteiger partial charge in [-0.25, -0.2) is 9.37 Å². The van der Waals surface area contributed by atoms with Crippen LogP contribution in [0.25, 0.3) is 0 Å². The minimum atomic E-state index is -0.586. The van der Waals surface area contributed by atoms with Crippen molar-refractivity contribution in [3.63, 3.8) is 0 Å². The molecule has 0 unspecified atom stereocenters. The summed E-state index contributed by atoms with van der Waals surface area (Å²) in [7, 11) is 0. The lowest BCUT2D eigenvalue weighted by molar-refractivity contribution is 0.619. The van der Waals surface area contributed by atoms with E-state index in [0.717, 1.165) is 12.6 Å². The summed E-state index contributed by atoms with van der Waals surface area (Å²) in [5.74, 6) is -0.224. The zero-order chi connectivity index (χ0) is 15.2. The number of hydrogen-bond donors (Lipinski definition) is 2. The van der Waals surface area contributed by atoms with Crippen molar-refractivity contribution >= 4 is 29.1 Å². The number of nitrogens with zero attached hydrogens (tertiary/aromatic N) is 3. The molecule has 108 valence electrons. The summed E-state index contributed by atoms with van der Waals surface area (Å²) in [4.78, 5) is 7.91. The minimum Gasteiger partial charge on any atom is -0.354 e. The van der Waals surface area contributed by atoms with Crippen LogP contribution in [0.1, 0.15) is 18.9 Å². The van der Waals surface area contributed by atoms with Gasteiger partial charge in [0.05, 0.1) is 28.5 Å². The molecule has 0 radical (unpaired) electrons. The molecule has 0 aliphatic rings. The summed E-state index contributed by atoms with van der Waals surface area (Å²) in [6.45, 7) is 2.70. The summed E-state index contributed by atoms with van der Waals surface area (Å²) in [6.07, 6.45) is 2.00. The third-order valence-corrected chi connectivity index (χ3v) is 2.94. The number of rotatable bonds is 5. The Bertz CT molecular complexity index is 684. The second-order valence-corrected chi connectivity index (χ2v) is 4.66. The number of hydrogen-bond acceptors (Lipinski definition) is 5. The number of halogens is 2. The van der Waals surface area contributed by atoms with Crippen molar-refractivity contribution in [2.45, 2.75) is 13.3 Å². The molecular weight excluding hydrogens is 293 g/mol. The predicted molar refractivity (Wildman–Crippen MR) is 80.2 cm³/mol. The summed E-state index contributed by atoms with van der Waals surface area (Å²) in [6, 6.07) is 6.67. The smallest absolute Gasteiger partial charge is 0.224 e. The Morgan fingerprint density at radius 2 is 2.24 bits per heavy atom. The van der Waals surface area contributed by atoms with Gasteiger partial charge in [0.25, 0.3) is 0 Å². The van der Waals surface area contributed by atoms with Gasteiger partial charge < -0.3 is 10.6 Å². The lowest BCUT2D eigenvalue weighted by Crippen LogP contribution is -2.07. The molecule has 0 bridgehead atoms. The molecule has 0 aliphatic carbocycles. The van der Waals surface area contributed by atoms with Crippen molar-refractivity contribution in [3.8, 4) is 6.07 Å². The van der Waals surface area contributed by atoms with Crippen LogP contribution in [-0.2, 0) is 0 Å². The van der Waals surface area contributed by atoms with Crippen LogP contribution in [0.2, 0.25) is 5.02 Å². The summed E-state index contributed by atoms with van der Waals surface area (Å²) in [5, 5.41) is 14.9. The van der Waals surface area contributed by atoms with Gasteiger partial charge in [-0.1, -0.05) is 18.5 Å². The highest BCUT2D eigenvalue weighted by molar-refractivity contribution is 6.33. The Morgan fingerprint density at radius 3 is 2.90 bits per heavy atom. The van der Waals surface area contributed by atoms with E-state index >= 15 is 0 Å². The highest BCUT2D eigenvalue weighted by Crippen LogP contribution is 2.26. The maximum absolute atomic E-state index is 13.7. The molecule has 2 rings (SSSR count). The van der Waals surface area contributed by atoms with Crippen LogP contribution in [0.4, 0.5) is 21.8 Å². The summed E-state index contributed by atoms with van der Waals surface area (Å²) < 4.78 is 13.7. The Hall–Kier alpha value is -2.39. The fourth-order valence-corrected chi connectivity index (χ4v) is 1.82. The van der Waals surface area contributed by atoms with E-state index in [1.54, 1.807) is 12.1 Å². The lowest BCUT2D eigenvalue weighted by Gasteiger charge is -2.10. The average Bonchev–Trinajstić information content (AvgIpc) is 2.49. The molecular formula is C14H13ClFN5. The number of nitrogens with one attached hydrogen (secondary N) is 2. The average molecular weight is 306 g/mol. The first-order chi connectivity index (χ1) is 10.1. The van der Waals surface area contributed by atoms with Crippen molar-refractivity contribution < 1.29 is 4.39 Å². The van der Waals surface area contributed by atoms with Crippen molar-refractivity contribution in [2.75, 3.05) is 17.2 Å². The van der Waals surface area contributed by atoms with Gasteiger partial charge in [-0.15, -0.1) is 0 Å². The molecule has 0 saturated heterocycles. The van der Waals surface area contributed by atoms with E-state index < -0.39 is 5.82 Å². The molecule has 0 saturated carbocycles. The number of nitriles is 1. The van der Waals surface area contributed by atoms with Gasteiger partial charge in [0.2, 0.25) is 5.95 Å². The van der Waals surface area contributed by atoms with Gasteiger partial charge in [-0.2, -0.15) is 10.2 Å². The normalized spacial score (nSPS) is 10.0. The molecule has 2 N–H and O–H groups in total. The van der Waals surface area contributed by atoms with E-state index in [0.29, 0.717) is 28.8 Å². The van der Waals surface area contributed by atoms with Crippen molar-refractivity contribution in [2.24, 2.45) is 0 Å². The van der Waals surface area contributed by atoms with E-state index in [1.165, 1.54) is 6.07 Å². The minimum absolute atomic E-state index is 0.0233. The first-order valence-electron chi connectivity index (χ1n) is 6.37. The maximum atomic E-state index is 13.7. The van der Waals surface area contributed by atoms with Gasteiger partial charge >= 0.3 is 0 Å². The molecule has 0 amide bonds. The third-order valence-electron chi connectivity index (χ3n) is 2.63. The fourth-order valence-electron chi connectivity index (χ4n) is 1.59. The van der Waals surface area contributed by atoms with Gasteiger partial charge in [-0.05, 0) is 24.6 Å². The Kier molecular flexibility index (Phi) is 4.90. The van der Waals surface area contributed by atoms with Gasteiger partial charge in [0, 0.05) is 6.54 Å². The highest BCUT2D eigenvalue weighted by atomic mass is 35.5. The van der Waals surface area contributed by atoms with Crippen LogP contribution in [0.3, 0.4) is 0 Å². The van der Waals surface area contributed by atoms with Crippen LogP contribution in [0, 0.1) is 17.1 Å². The predicted octanol–water partition coefficient (Wildman–Crippen LogP) is 3.71. The van der Waals surface area contributed by atoms with Crippen LogP contribution >= 0.6 is 11.6 Å². The molecule has 0 fully saturated rings. The molecule has 1 aromatic carbocycles.